The van der Waals surface area contributed by atoms with Gasteiger partial charge in [0.1, 0.15) is 6.54 Å². The van der Waals surface area contributed by atoms with E-state index in [-0.39, 0.29) is 30.8 Å². The lowest BCUT2D eigenvalue weighted by atomic mass is 10.1. The first kappa shape index (κ1) is 32.2. The van der Waals surface area contributed by atoms with Crippen LogP contribution in [0.4, 0.5) is 23.7 Å². The molecular weight excluding hydrogens is 583 g/mol. The number of rotatable bonds is 12. The molecule has 3 amide bonds. The summed E-state index contributed by atoms with van der Waals surface area (Å²) in [7, 11) is 3.11. The van der Waals surface area contributed by atoms with Crippen molar-refractivity contribution in [3.63, 3.8) is 0 Å². The van der Waals surface area contributed by atoms with Gasteiger partial charge >= 0.3 is 12.2 Å². The van der Waals surface area contributed by atoms with Crippen molar-refractivity contribution >= 4 is 29.0 Å². The monoisotopic (exact) mass is 619 g/mol. The first-order valence-electron chi connectivity index (χ1n) is 13.9. The number of thiophene rings is 1. The summed E-state index contributed by atoms with van der Waals surface area (Å²) >= 11 is 1.57. The Morgan fingerprint density at radius 3 is 2.47 bits per heavy atom. The maximum absolute atomic E-state index is 13.8. The Labute approximate surface area is 253 Å². The number of amides is 3. The molecule has 0 spiro atoms. The number of benzene rings is 2. The number of carbonyl (C=O) groups is 2. The fraction of sp³-hybridized carbons (Fsp3) is 0.419. The van der Waals surface area contributed by atoms with Gasteiger partial charge in [-0.1, -0.05) is 18.2 Å². The van der Waals surface area contributed by atoms with Crippen molar-refractivity contribution in [3.8, 4) is 11.5 Å². The smallest absolute Gasteiger partial charge is 0.418 e. The minimum Gasteiger partial charge on any atom is -0.493 e. The van der Waals surface area contributed by atoms with Crippen LogP contribution in [0.15, 0.2) is 54.6 Å². The van der Waals surface area contributed by atoms with Gasteiger partial charge in [-0.05, 0) is 68.1 Å². The molecule has 2 aromatic carbocycles. The molecule has 1 N–H and O–H groups in total. The first-order chi connectivity index (χ1) is 20.6. The molecule has 1 atom stereocenters. The van der Waals surface area contributed by atoms with Gasteiger partial charge in [-0.15, -0.1) is 11.3 Å². The predicted molar refractivity (Wildman–Crippen MR) is 159 cm³/mol. The number of hydrogen-bond acceptors (Lipinski definition) is 6. The van der Waals surface area contributed by atoms with Gasteiger partial charge in [0.15, 0.2) is 11.5 Å². The van der Waals surface area contributed by atoms with Crippen LogP contribution in [-0.2, 0) is 28.7 Å². The average molecular weight is 620 g/mol. The molecule has 1 aromatic heterocycles. The fourth-order valence-electron chi connectivity index (χ4n) is 4.90. The Hall–Kier alpha value is -3.77. The molecule has 4 rings (SSSR count). The van der Waals surface area contributed by atoms with Crippen LogP contribution < -0.4 is 14.8 Å². The molecule has 0 radical (unpaired) electrons. The molecule has 0 saturated carbocycles. The van der Waals surface area contributed by atoms with Crippen molar-refractivity contribution in [1.82, 2.24) is 9.80 Å². The lowest BCUT2D eigenvalue weighted by Gasteiger charge is -2.29. The quantitative estimate of drug-likeness (QED) is 0.255. The highest BCUT2D eigenvalue weighted by Crippen LogP contribution is 2.35. The maximum atomic E-state index is 13.8. The first-order valence-corrected chi connectivity index (χ1v) is 14.8. The number of para-hydroxylation sites is 1. The molecule has 43 heavy (non-hydrogen) atoms. The van der Waals surface area contributed by atoms with Crippen molar-refractivity contribution in [3.05, 3.63) is 75.5 Å². The number of halogens is 3. The van der Waals surface area contributed by atoms with Gasteiger partial charge in [-0.2, -0.15) is 13.2 Å². The van der Waals surface area contributed by atoms with E-state index in [0.717, 1.165) is 27.8 Å². The minimum absolute atomic E-state index is 0.0768. The van der Waals surface area contributed by atoms with E-state index in [1.54, 1.807) is 36.5 Å². The van der Waals surface area contributed by atoms with Crippen LogP contribution in [0, 0.1) is 6.92 Å². The third-order valence-corrected chi connectivity index (χ3v) is 8.13. The van der Waals surface area contributed by atoms with Gasteiger partial charge < -0.3 is 29.3 Å². The standard InChI is InChI=1S/C31H36F3N3O5S/c1-21-10-12-24(43-21)19-36(15-14-22-11-13-27(40-2)28(17-22)41-3)29(38)20-37(18-23-7-6-16-42-23)30(39)35-26-9-5-4-8-25(26)31(32,33)34/h4-5,8-13,17,23H,6-7,14-16,18-20H2,1-3H3,(H,35,39). The molecule has 1 unspecified atom stereocenters. The minimum atomic E-state index is -4.65. The van der Waals surface area contributed by atoms with Crippen molar-refractivity contribution in [1.29, 1.82) is 0 Å². The summed E-state index contributed by atoms with van der Waals surface area (Å²) in [5, 5.41) is 2.39. The molecule has 8 nitrogen and oxygen atoms in total. The number of nitrogens with one attached hydrogen (secondary N) is 1. The van der Waals surface area contributed by atoms with Crippen LogP contribution in [0.3, 0.4) is 0 Å². The zero-order valence-corrected chi connectivity index (χ0v) is 25.2. The summed E-state index contributed by atoms with van der Waals surface area (Å²) < 4.78 is 57.3. The molecule has 3 aromatic rings. The lowest BCUT2D eigenvalue weighted by Crippen LogP contribution is -2.47. The van der Waals surface area contributed by atoms with Crippen molar-refractivity contribution in [2.75, 3.05) is 45.8 Å². The summed E-state index contributed by atoms with van der Waals surface area (Å²) in [6, 6.07) is 13.5. The molecule has 1 fully saturated rings. The molecule has 1 saturated heterocycles. The van der Waals surface area contributed by atoms with Crippen LogP contribution in [0.1, 0.15) is 33.7 Å². The van der Waals surface area contributed by atoms with E-state index in [1.807, 2.05) is 31.2 Å². The van der Waals surface area contributed by atoms with E-state index in [2.05, 4.69) is 5.32 Å². The molecule has 1 aliphatic heterocycles. The molecule has 232 valence electrons. The molecule has 0 aliphatic carbocycles. The van der Waals surface area contributed by atoms with E-state index in [0.29, 0.717) is 44.0 Å². The SMILES string of the molecule is COc1ccc(CCN(Cc2ccc(C)s2)C(=O)CN(CC2CCCO2)C(=O)Nc2ccccc2C(F)(F)F)cc1OC. The number of nitrogens with zero attached hydrogens (tertiary/aromatic N) is 2. The zero-order valence-electron chi connectivity index (χ0n) is 24.4. The third-order valence-electron chi connectivity index (χ3n) is 7.15. The summed E-state index contributed by atoms with van der Waals surface area (Å²) in [5.41, 5.74) is -0.406. The van der Waals surface area contributed by atoms with Crippen molar-refractivity contribution in [2.45, 2.75) is 45.0 Å². The Balaban J connectivity index is 1.54. The molecule has 12 heteroatoms. The highest BCUT2D eigenvalue weighted by atomic mass is 32.1. The number of aryl methyl sites for hydroxylation is 1. The topological polar surface area (TPSA) is 80.3 Å². The second-order valence-corrected chi connectivity index (χ2v) is 11.6. The number of hydrogen-bond donors (Lipinski definition) is 1. The van der Waals surface area contributed by atoms with Crippen LogP contribution in [0.25, 0.3) is 0 Å². The normalized spacial score (nSPS) is 14.8. The van der Waals surface area contributed by atoms with Gasteiger partial charge in [0.2, 0.25) is 5.91 Å². The van der Waals surface area contributed by atoms with E-state index < -0.39 is 17.8 Å². The number of alkyl halides is 3. The summed E-state index contributed by atoms with van der Waals surface area (Å²) in [6.45, 7) is 2.94. The van der Waals surface area contributed by atoms with Gasteiger partial charge in [-0.25, -0.2) is 4.79 Å². The highest BCUT2D eigenvalue weighted by molar-refractivity contribution is 7.11. The second-order valence-electron chi connectivity index (χ2n) is 10.3. The van der Waals surface area contributed by atoms with Crippen molar-refractivity contribution in [2.24, 2.45) is 0 Å². The number of anilines is 1. The Morgan fingerprint density at radius 2 is 1.81 bits per heavy atom. The molecule has 2 heterocycles. The van der Waals surface area contributed by atoms with Crippen molar-refractivity contribution < 1.29 is 37.0 Å². The van der Waals surface area contributed by atoms with Crippen LogP contribution >= 0.6 is 11.3 Å². The van der Waals surface area contributed by atoms with E-state index in [4.69, 9.17) is 14.2 Å². The van der Waals surface area contributed by atoms with Gasteiger partial charge in [0, 0.05) is 29.5 Å². The number of methoxy groups -OCH3 is 2. The highest BCUT2D eigenvalue weighted by Gasteiger charge is 2.34. The second kappa shape index (κ2) is 14.6. The summed E-state index contributed by atoms with van der Waals surface area (Å²) in [6.07, 6.45) is -2.96. The van der Waals surface area contributed by atoms with Crippen LogP contribution in [-0.4, -0.2) is 68.3 Å². The van der Waals surface area contributed by atoms with Gasteiger partial charge in [0.25, 0.3) is 0 Å². The third kappa shape index (κ3) is 8.87. The molecule has 0 bridgehead atoms. The number of ether oxygens (including phenoxy) is 3. The predicted octanol–water partition coefficient (Wildman–Crippen LogP) is 6.38. The Bertz CT molecular complexity index is 1390. The summed E-state index contributed by atoms with van der Waals surface area (Å²) in [4.78, 5) is 32.2. The van der Waals surface area contributed by atoms with Gasteiger partial charge in [-0.3, -0.25) is 4.79 Å². The maximum Gasteiger partial charge on any atom is 0.418 e. The van der Waals surface area contributed by atoms with Crippen LogP contribution in [0.5, 0.6) is 11.5 Å². The largest absolute Gasteiger partial charge is 0.493 e. The fourth-order valence-corrected chi connectivity index (χ4v) is 5.81. The number of carbonyl (C=O) groups excluding carboxylic acids is 2. The zero-order chi connectivity index (χ0) is 31.0. The van der Waals surface area contributed by atoms with E-state index in [9.17, 15) is 22.8 Å². The van der Waals surface area contributed by atoms with E-state index in [1.165, 1.54) is 23.1 Å². The molecule has 1 aliphatic rings. The van der Waals surface area contributed by atoms with Gasteiger partial charge in [0.05, 0.1) is 38.1 Å². The Kier molecular flexibility index (Phi) is 10.9. The van der Waals surface area contributed by atoms with Crippen LogP contribution in [0.2, 0.25) is 0 Å². The molecular formula is C31H36F3N3O5S. The average Bonchev–Trinajstić information content (AvgIpc) is 3.65. The van der Waals surface area contributed by atoms with E-state index >= 15 is 0 Å². The Morgan fingerprint density at radius 1 is 1.05 bits per heavy atom. The lowest BCUT2D eigenvalue weighted by molar-refractivity contribution is -0.137. The summed E-state index contributed by atoms with van der Waals surface area (Å²) in [5.74, 6) is 0.838. The number of urea groups is 1.